The van der Waals surface area contributed by atoms with Crippen LogP contribution in [0.5, 0.6) is 0 Å². The molecule has 0 unspecified atom stereocenters. The van der Waals surface area contributed by atoms with Gasteiger partial charge in [-0.3, -0.25) is 14.9 Å². The molecular formula is C17H17F3N4O2S. The zero-order chi connectivity index (χ0) is 19.6. The van der Waals surface area contributed by atoms with E-state index in [0.29, 0.717) is 11.9 Å². The van der Waals surface area contributed by atoms with E-state index in [0.717, 1.165) is 20.7 Å². The molecular weight excluding hydrogens is 381 g/mol. The number of rotatable bonds is 6. The summed E-state index contributed by atoms with van der Waals surface area (Å²) in [7, 11) is 0. The smallest absolute Gasteiger partial charge is 0.396 e. The highest BCUT2D eigenvalue weighted by Gasteiger charge is 2.39. The van der Waals surface area contributed by atoms with Gasteiger partial charge in [0.15, 0.2) is 5.69 Å². The molecule has 0 bridgehead atoms. The lowest BCUT2D eigenvalue weighted by Gasteiger charge is -2.07. The first-order valence-electron chi connectivity index (χ1n) is 8.29. The predicted octanol–water partition coefficient (Wildman–Crippen LogP) is 3.38. The van der Waals surface area contributed by atoms with Gasteiger partial charge in [-0.15, -0.1) is 0 Å². The van der Waals surface area contributed by atoms with Crippen LogP contribution in [0.25, 0.3) is 15.3 Å². The number of aliphatic hydroxyl groups is 1. The normalized spacial score (nSPS) is 12.9. The number of benzene rings is 1. The largest absolute Gasteiger partial charge is 0.433 e. The van der Waals surface area contributed by atoms with Crippen molar-refractivity contribution in [2.45, 2.75) is 25.9 Å². The molecule has 6 nitrogen and oxygen atoms in total. The lowest BCUT2D eigenvalue weighted by atomic mass is 10.1. The van der Waals surface area contributed by atoms with Crippen molar-refractivity contribution in [1.29, 1.82) is 0 Å². The van der Waals surface area contributed by atoms with Gasteiger partial charge in [0.25, 0.3) is 5.56 Å². The maximum absolute atomic E-state index is 13.6. The van der Waals surface area contributed by atoms with E-state index in [-0.39, 0.29) is 30.4 Å². The Kier molecular flexibility index (Phi) is 5.47. The van der Waals surface area contributed by atoms with Crippen molar-refractivity contribution in [3.8, 4) is 5.13 Å². The fraction of sp³-hybridized carbons (Fsp3) is 0.353. The Morgan fingerprint density at radius 2 is 2.11 bits per heavy atom. The van der Waals surface area contributed by atoms with Crippen molar-refractivity contribution < 1.29 is 18.3 Å². The molecule has 3 aromatic rings. The standard InChI is InChI=1S/C17H17F3N4O2S/c1-2-10(21-8-5-9-25)13-14(17(18,19)20)23-24(15(13)26)16-22-11-6-3-4-7-12(11)27-16/h3-4,6-7,23,25H,2,5,8-9H2,1H3. The number of thiazole rings is 1. The highest BCUT2D eigenvalue weighted by molar-refractivity contribution is 7.20. The Morgan fingerprint density at radius 1 is 1.37 bits per heavy atom. The van der Waals surface area contributed by atoms with Gasteiger partial charge in [-0.05, 0) is 25.0 Å². The van der Waals surface area contributed by atoms with Gasteiger partial charge in [0, 0.05) is 18.9 Å². The summed E-state index contributed by atoms with van der Waals surface area (Å²) in [5.74, 6) is 0. The number of aliphatic imine (C=N–C) groups is 1. The van der Waals surface area contributed by atoms with Crippen LogP contribution in [0.3, 0.4) is 0 Å². The fourth-order valence-corrected chi connectivity index (χ4v) is 3.58. The minimum atomic E-state index is -4.75. The molecule has 2 N–H and O–H groups in total. The number of alkyl halides is 3. The van der Waals surface area contributed by atoms with Crippen LogP contribution < -0.4 is 5.56 Å². The van der Waals surface area contributed by atoms with Crippen LogP contribution in [-0.2, 0) is 6.18 Å². The number of hydrogen-bond acceptors (Lipinski definition) is 5. The molecule has 1 aromatic carbocycles. The second kappa shape index (κ2) is 7.65. The molecule has 144 valence electrons. The van der Waals surface area contributed by atoms with E-state index in [1.165, 1.54) is 0 Å². The van der Waals surface area contributed by atoms with Gasteiger partial charge >= 0.3 is 6.18 Å². The molecule has 0 amide bonds. The van der Waals surface area contributed by atoms with E-state index in [2.05, 4.69) is 15.1 Å². The monoisotopic (exact) mass is 398 g/mol. The Morgan fingerprint density at radius 3 is 2.74 bits per heavy atom. The number of aromatic amines is 1. The third kappa shape index (κ3) is 3.81. The first kappa shape index (κ1) is 19.3. The number of nitrogens with one attached hydrogen (secondary N) is 1. The molecule has 0 fully saturated rings. The number of para-hydroxylation sites is 1. The number of hydrogen-bond donors (Lipinski definition) is 2. The fourth-order valence-electron chi connectivity index (χ4n) is 2.65. The van der Waals surface area contributed by atoms with Crippen molar-refractivity contribution >= 4 is 27.3 Å². The molecule has 27 heavy (non-hydrogen) atoms. The first-order valence-corrected chi connectivity index (χ1v) is 9.11. The number of nitrogens with zero attached hydrogens (tertiary/aromatic N) is 3. The molecule has 2 aromatic heterocycles. The maximum Gasteiger partial charge on any atom is 0.433 e. The van der Waals surface area contributed by atoms with Crippen LogP contribution in [0.2, 0.25) is 0 Å². The van der Waals surface area contributed by atoms with Gasteiger partial charge in [-0.25, -0.2) is 4.98 Å². The molecule has 3 rings (SSSR count). The average molecular weight is 398 g/mol. The number of halogens is 3. The molecule has 0 saturated heterocycles. The highest BCUT2D eigenvalue weighted by atomic mass is 32.1. The van der Waals surface area contributed by atoms with E-state index in [1.54, 1.807) is 31.2 Å². The quantitative estimate of drug-likeness (QED) is 0.493. The zero-order valence-corrected chi connectivity index (χ0v) is 15.2. The topological polar surface area (TPSA) is 83.3 Å². The summed E-state index contributed by atoms with van der Waals surface area (Å²) in [6, 6.07) is 7.06. The number of aliphatic hydroxyl groups excluding tert-OH is 1. The molecule has 0 aliphatic rings. The Hall–Kier alpha value is -2.46. The van der Waals surface area contributed by atoms with E-state index in [1.807, 2.05) is 0 Å². The molecule has 10 heteroatoms. The molecule has 0 radical (unpaired) electrons. The van der Waals surface area contributed by atoms with Gasteiger partial charge in [0.05, 0.1) is 15.8 Å². The van der Waals surface area contributed by atoms with Crippen LogP contribution in [0, 0.1) is 0 Å². The summed E-state index contributed by atoms with van der Waals surface area (Å²) < 4.78 is 42.2. The average Bonchev–Trinajstić information content (AvgIpc) is 3.19. The van der Waals surface area contributed by atoms with Gasteiger partial charge in [0.2, 0.25) is 5.13 Å². The summed E-state index contributed by atoms with van der Waals surface area (Å²) in [5.41, 5.74) is -1.83. The summed E-state index contributed by atoms with van der Waals surface area (Å²) in [6.45, 7) is 1.64. The molecule has 0 spiro atoms. The van der Waals surface area contributed by atoms with Gasteiger partial charge < -0.3 is 5.11 Å². The van der Waals surface area contributed by atoms with E-state index in [9.17, 15) is 18.0 Å². The van der Waals surface area contributed by atoms with Gasteiger partial charge in [-0.1, -0.05) is 30.4 Å². The summed E-state index contributed by atoms with van der Waals surface area (Å²) in [5, 5.41) is 11.2. The lowest BCUT2D eigenvalue weighted by molar-refractivity contribution is -0.141. The summed E-state index contributed by atoms with van der Waals surface area (Å²) in [4.78, 5) is 21.2. The van der Waals surface area contributed by atoms with Gasteiger partial charge in [-0.2, -0.15) is 17.9 Å². The zero-order valence-electron chi connectivity index (χ0n) is 14.4. The molecule has 0 atom stereocenters. The van der Waals surface area contributed by atoms with Crippen molar-refractivity contribution in [3.05, 3.63) is 45.9 Å². The van der Waals surface area contributed by atoms with E-state index < -0.39 is 23.0 Å². The van der Waals surface area contributed by atoms with Crippen LogP contribution in [0.1, 0.15) is 31.0 Å². The van der Waals surface area contributed by atoms with Crippen molar-refractivity contribution in [2.75, 3.05) is 13.2 Å². The maximum atomic E-state index is 13.6. The highest BCUT2D eigenvalue weighted by Crippen LogP contribution is 2.31. The lowest BCUT2D eigenvalue weighted by Crippen LogP contribution is -2.22. The first-order chi connectivity index (χ1) is 12.9. The second-order valence-electron chi connectivity index (χ2n) is 5.72. The van der Waals surface area contributed by atoms with E-state index >= 15 is 0 Å². The third-order valence-electron chi connectivity index (χ3n) is 3.89. The predicted molar refractivity (Wildman–Crippen MR) is 98.0 cm³/mol. The second-order valence-corrected chi connectivity index (χ2v) is 6.73. The Balaban J connectivity index is 2.18. The molecule has 0 aliphatic heterocycles. The Labute approximate surface area is 156 Å². The number of H-pyrrole nitrogens is 1. The minimum Gasteiger partial charge on any atom is -0.396 e. The van der Waals surface area contributed by atoms with E-state index in [4.69, 9.17) is 5.11 Å². The molecule has 0 saturated carbocycles. The van der Waals surface area contributed by atoms with Crippen LogP contribution in [-0.4, -0.2) is 38.7 Å². The number of aromatic nitrogens is 3. The van der Waals surface area contributed by atoms with Crippen molar-refractivity contribution in [1.82, 2.24) is 14.8 Å². The number of fused-ring (bicyclic) bond motifs is 1. The SMILES string of the molecule is CCC(=NCCCO)c1c(C(F)(F)F)[nH]n(-c2nc3ccccc3s2)c1=O. The van der Waals surface area contributed by atoms with Crippen LogP contribution in [0.4, 0.5) is 13.2 Å². The van der Waals surface area contributed by atoms with Crippen molar-refractivity contribution in [2.24, 2.45) is 4.99 Å². The summed E-state index contributed by atoms with van der Waals surface area (Å²) >= 11 is 1.12. The molecule has 2 heterocycles. The van der Waals surface area contributed by atoms with Crippen LogP contribution in [0.15, 0.2) is 34.1 Å². The Bertz CT molecular complexity index is 1000. The molecule has 0 aliphatic carbocycles. The van der Waals surface area contributed by atoms with Crippen molar-refractivity contribution in [3.63, 3.8) is 0 Å². The summed E-state index contributed by atoms with van der Waals surface area (Å²) in [6.07, 6.45) is -4.29. The van der Waals surface area contributed by atoms with Gasteiger partial charge in [0.1, 0.15) is 0 Å². The minimum absolute atomic E-state index is 0.0527. The third-order valence-corrected chi connectivity index (χ3v) is 4.91. The van der Waals surface area contributed by atoms with Crippen LogP contribution >= 0.6 is 11.3 Å².